The first kappa shape index (κ1) is 41.9. The monoisotopic (exact) mass is 613 g/mol. The summed E-state index contributed by atoms with van der Waals surface area (Å²) in [5.74, 6) is -1.53. The lowest BCUT2D eigenvalue weighted by Gasteiger charge is -2.33. The Kier molecular flexibility index (Phi) is 27.6. The van der Waals surface area contributed by atoms with Gasteiger partial charge in [0.2, 0.25) is 0 Å². The van der Waals surface area contributed by atoms with E-state index in [-0.39, 0.29) is 18.5 Å². The fourth-order valence-corrected chi connectivity index (χ4v) is 5.80. The SMILES string of the molecule is CCCCCCCCCCC(CCCCCC)C(=O)OCC(CC)(CO)OC(=O)C(CCCCCCCCC)C(O)CC. The molecule has 0 heterocycles. The van der Waals surface area contributed by atoms with Gasteiger partial charge in [0.15, 0.2) is 5.60 Å². The first-order valence-corrected chi connectivity index (χ1v) is 18.5. The van der Waals surface area contributed by atoms with Gasteiger partial charge in [0, 0.05) is 0 Å². The van der Waals surface area contributed by atoms with E-state index in [1.54, 1.807) is 0 Å². The molecule has 0 rings (SSSR count). The molecule has 0 aliphatic rings. The molecule has 0 aromatic rings. The van der Waals surface area contributed by atoms with Gasteiger partial charge in [-0.15, -0.1) is 0 Å². The van der Waals surface area contributed by atoms with Crippen LogP contribution >= 0.6 is 0 Å². The average molecular weight is 613 g/mol. The Morgan fingerprint density at radius 2 is 1.02 bits per heavy atom. The largest absolute Gasteiger partial charge is 0.461 e. The maximum absolute atomic E-state index is 13.3. The number of hydrogen-bond donors (Lipinski definition) is 2. The second-order valence-electron chi connectivity index (χ2n) is 13.0. The summed E-state index contributed by atoms with van der Waals surface area (Å²) < 4.78 is 11.7. The van der Waals surface area contributed by atoms with Gasteiger partial charge in [-0.1, -0.05) is 157 Å². The minimum absolute atomic E-state index is 0.153. The summed E-state index contributed by atoms with van der Waals surface area (Å²) in [5.41, 5.74) is -1.29. The smallest absolute Gasteiger partial charge is 0.312 e. The maximum atomic E-state index is 13.3. The number of rotatable bonds is 31. The molecule has 4 atom stereocenters. The van der Waals surface area contributed by atoms with Crippen LogP contribution in [0, 0.1) is 11.8 Å². The molecule has 0 saturated carbocycles. The Hall–Kier alpha value is -1.14. The fourth-order valence-electron chi connectivity index (χ4n) is 5.80. The van der Waals surface area contributed by atoms with Crippen LogP contribution in [0.1, 0.15) is 189 Å². The van der Waals surface area contributed by atoms with Crippen LogP contribution in [0.4, 0.5) is 0 Å². The van der Waals surface area contributed by atoms with Crippen LogP contribution in [-0.4, -0.2) is 47.1 Å². The Morgan fingerprint density at radius 1 is 0.605 bits per heavy atom. The Bertz CT molecular complexity index is 647. The molecule has 0 aliphatic carbocycles. The zero-order valence-electron chi connectivity index (χ0n) is 29.1. The number of hydrogen-bond acceptors (Lipinski definition) is 6. The van der Waals surface area contributed by atoms with Crippen LogP contribution in [0.25, 0.3) is 0 Å². The molecule has 6 nitrogen and oxygen atoms in total. The zero-order valence-corrected chi connectivity index (χ0v) is 29.1. The predicted octanol–water partition coefficient (Wildman–Crippen LogP) is 9.86. The van der Waals surface area contributed by atoms with Gasteiger partial charge in [-0.3, -0.25) is 9.59 Å². The fraction of sp³-hybridized carbons (Fsp3) is 0.946. The minimum atomic E-state index is -1.29. The van der Waals surface area contributed by atoms with Crippen LogP contribution in [0.2, 0.25) is 0 Å². The molecule has 0 amide bonds. The number of esters is 2. The quantitative estimate of drug-likeness (QED) is 0.0598. The third-order valence-electron chi connectivity index (χ3n) is 9.18. The number of aliphatic hydroxyl groups is 2. The standard InChI is InChI=1S/C37H72O6/c1-6-11-14-17-19-21-22-25-28-32(27-24-16-13-8-3)35(40)42-31-37(10-5,30-38)43-36(41)33(34(39)9-4)29-26-23-20-18-15-12-7-2/h32-34,38-39H,6-31H2,1-5H3. The highest BCUT2D eigenvalue weighted by Crippen LogP contribution is 2.26. The summed E-state index contributed by atoms with van der Waals surface area (Å²) in [7, 11) is 0. The van der Waals surface area contributed by atoms with Gasteiger partial charge in [0.1, 0.15) is 6.61 Å². The number of carbonyl (C=O) groups excluding carboxylic acids is 2. The van der Waals surface area contributed by atoms with E-state index in [1.165, 1.54) is 70.6 Å². The highest BCUT2D eigenvalue weighted by molar-refractivity contribution is 5.74. The summed E-state index contributed by atoms with van der Waals surface area (Å²) in [4.78, 5) is 26.6. The maximum Gasteiger partial charge on any atom is 0.312 e. The molecule has 2 N–H and O–H groups in total. The normalized spacial score (nSPS) is 15.0. The van der Waals surface area contributed by atoms with Crippen LogP contribution < -0.4 is 0 Å². The minimum Gasteiger partial charge on any atom is -0.461 e. The second kappa shape index (κ2) is 28.3. The van der Waals surface area contributed by atoms with Crippen LogP contribution in [0.3, 0.4) is 0 Å². The van der Waals surface area contributed by atoms with E-state index in [0.717, 1.165) is 64.2 Å². The molecule has 4 unspecified atom stereocenters. The van der Waals surface area contributed by atoms with Gasteiger partial charge in [-0.05, 0) is 32.1 Å². The van der Waals surface area contributed by atoms with E-state index in [4.69, 9.17) is 9.47 Å². The molecular formula is C37H72O6. The molecule has 0 aliphatic heterocycles. The van der Waals surface area contributed by atoms with Crippen molar-refractivity contribution in [3.05, 3.63) is 0 Å². The van der Waals surface area contributed by atoms with Crippen molar-refractivity contribution in [1.29, 1.82) is 0 Å². The molecule has 0 saturated heterocycles. The summed E-state index contributed by atoms with van der Waals surface area (Å²) in [6, 6.07) is 0. The molecule has 6 heteroatoms. The van der Waals surface area contributed by atoms with Crippen LogP contribution in [0.15, 0.2) is 0 Å². The van der Waals surface area contributed by atoms with Gasteiger partial charge in [0.05, 0.1) is 24.5 Å². The lowest BCUT2D eigenvalue weighted by molar-refractivity contribution is -0.187. The van der Waals surface area contributed by atoms with Crippen LogP contribution in [0.5, 0.6) is 0 Å². The molecule has 256 valence electrons. The molecule has 0 fully saturated rings. The molecule has 0 aromatic heterocycles. The molecular weight excluding hydrogens is 540 g/mol. The van der Waals surface area contributed by atoms with Crippen molar-refractivity contribution in [1.82, 2.24) is 0 Å². The molecule has 0 bridgehead atoms. The van der Waals surface area contributed by atoms with Gasteiger partial charge >= 0.3 is 11.9 Å². The zero-order chi connectivity index (χ0) is 32.2. The third kappa shape index (κ3) is 20.5. The summed E-state index contributed by atoms with van der Waals surface area (Å²) >= 11 is 0. The topological polar surface area (TPSA) is 93.1 Å². The van der Waals surface area contributed by atoms with E-state index in [1.807, 2.05) is 13.8 Å². The summed E-state index contributed by atoms with van der Waals surface area (Å²) in [5, 5.41) is 21.0. The van der Waals surface area contributed by atoms with Gasteiger partial charge in [-0.2, -0.15) is 0 Å². The van der Waals surface area contributed by atoms with Crippen molar-refractivity contribution in [2.45, 2.75) is 200 Å². The first-order chi connectivity index (χ1) is 20.8. The van der Waals surface area contributed by atoms with Gasteiger partial charge in [0.25, 0.3) is 0 Å². The highest BCUT2D eigenvalue weighted by Gasteiger charge is 2.38. The summed E-state index contributed by atoms with van der Waals surface area (Å²) in [6.45, 7) is 9.75. The van der Waals surface area contributed by atoms with Crippen molar-refractivity contribution < 1.29 is 29.3 Å². The van der Waals surface area contributed by atoms with Crippen molar-refractivity contribution >= 4 is 11.9 Å². The van der Waals surface area contributed by atoms with Crippen molar-refractivity contribution in [3.63, 3.8) is 0 Å². The van der Waals surface area contributed by atoms with E-state index in [9.17, 15) is 19.8 Å². The highest BCUT2D eigenvalue weighted by atomic mass is 16.6. The predicted molar refractivity (Wildman–Crippen MR) is 179 cm³/mol. The van der Waals surface area contributed by atoms with Crippen LogP contribution in [-0.2, 0) is 19.1 Å². The average Bonchev–Trinajstić information content (AvgIpc) is 3.02. The number of carbonyl (C=O) groups is 2. The first-order valence-electron chi connectivity index (χ1n) is 18.5. The van der Waals surface area contributed by atoms with Gasteiger partial charge in [-0.25, -0.2) is 0 Å². The van der Waals surface area contributed by atoms with E-state index in [0.29, 0.717) is 19.3 Å². The number of aliphatic hydroxyl groups excluding tert-OH is 2. The van der Waals surface area contributed by atoms with Crippen molar-refractivity contribution in [3.8, 4) is 0 Å². The Morgan fingerprint density at radius 3 is 1.44 bits per heavy atom. The van der Waals surface area contributed by atoms with Crippen molar-refractivity contribution in [2.24, 2.45) is 11.8 Å². The second-order valence-corrected chi connectivity index (χ2v) is 13.0. The molecule has 0 spiro atoms. The third-order valence-corrected chi connectivity index (χ3v) is 9.18. The molecule has 0 aromatic carbocycles. The van der Waals surface area contributed by atoms with E-state index in [2.05, 4.69) is 20.8 Å². The van der Waals surface area contributed by atoms with E-state index < -0.39 is 30.2 Å². The lowest BCUT2D eigenvalue weighted by Crippen LogP contribution is -2.46. The number of ether oxygens (including phenoxy) is 2. The Balaban J connectivity index is 5.08. The Labute approximate surface area is 266 Å². The van der Waals surface area contributed by atoms with E-state index >= 15 is 0 Å². The van der Waals surface area contributed by atoms with Crippen molar-refractivity contribution in [2.75, 3.05) is 13.2 Å². The summed E-state index contributed by atoms with van der Waals surface area (Å²) in [6.07, 6.45) is 24.4. The molecule has 0 radical (unpaired) electrons. The molecule has 43 heavy (non-hydrogen) atoms. The van der Waals surface area contributed by atoms with Gasteiger partial charge < -0.3 is 19.7 Å². The lowest BCUT2D eigenvalue weighted by atomic mass is 9.92. The number of unbranched alkanes of at least 4 members (excludes halogenated alkanes) is 16.